The molecule has 146 valence electrons. The highest BCUT2D eigenvalue weighted by molar-refractivity contribution is 6.34. The molecule has 4 rings (SSSR count). The number of hydrogen-bond acceptors (Lipinski definition) is 4. The van der Waals surface area contributed by atoms with Crippen LogP contribution in [0.5, 0.6) is 11.5 Å². The van der Waals surface area contributed by atoms with E-state index in [0.717, 1.165) is 59.9 Å². The smallest absolute Gasteiger partial charge is 0.133 e. The summed E-state index contributed by atoms with van der Waals surface area (Å²) in [6.07, 6.45) is 3.10. The molecule has 0 unspecified atom stereocenters. The number of anilines is 1. The quantitative estimate of drug-likeness (QED) is 0.598. The lowest BCUT2D eigenvalue weighted by Gasteiger charge is -2.11. The van der Waals surface area contributed by atoms with E-state index < -0.39 is 0 Å². The molecule has 5 nitrogen and oxygen atoms in total. The van der Waals surface area contributed by atoms with Crippen LogP contribution in [0.3, 0.4) is 0 Å². The summed E-state index contributed by atoms with van der Waals surface area (Å²) in [5, 5.41) is 9.66. The van der Waals surface area contributed by atoms with Crippen LogP contribution in [0, 0.1) is 0 Å². The van der Waals surface area contributed by atoms with Gasteiger partial charge in [-0.1, -0.05) is 23.2 Å². The van der Waals surface area contributed by atoms with Crippen LogP contribution in [0.25, 0.3) is 16.9 Å². The van der Waals surface area contributed by atoms with Crippen LogP contribution in [-0.4, -0.2) is 30.5 Å². The second-order valence-corrected chi connectivity index (χ2v) is 7.48. The molecule has 28 heavy (non-hydrogen) atoms. The van der Waals surface area contributed by atoms with E-state index in [-0.39, 0.29) is 0 Å². The Balaban J connectivity index is 1.95. The van der Waals surface area contributed by atoms with E-state index in [2.05, 4.69) is 5.32 Å². The molecule has 1 aliphatic heterocycles. The zero-order valence-corrected chi connectivity index (χ0v) is 17.3. The summed E-state index contributed by atoms with van der Waals surface area (Å²) >= 11 is 12.7. The van der Waals surface area contributed by atoms with Crippen molar-refractivity contribution in [1.82, 2.24) is 9.78 Å². The molecule has 0 spiro atoms. The van der Waals surface area contributed by atoms with Crippen molar-refractivity contribution >= 4 is 29.0 Å². The van der Waals surface area contributed by atoms with Gasteiger partial charge in [0.15, 0.2) is 0 Å². The highest BCUT2D eigenvalue weighted by atomic mass is 35.5. The summed E-state index contributed by atoms with van der Waals surface area (Å²) in [4.78, 5) is 0. The van der Waals surface area contributed by atoms with Crippen LogP contribution < -0.4 is 14.8 Å². The van der Waals surface area contributed by atoms with Crippen LogP contribution in [0.2, 0.25) is 10.0 Å². The first-order chi connectivity index (χ1) is 13.6. The number of ether oxygens (including phenoxy) is 2. The molecule has 0 bridgehead atoms. The molecule has 2 heterocycles. The minimum Gasteiger partial charge on any atom is -0.497 e. The third kappa shape index (κ3) is 3.40. The van der Waals surface area contributed by atoms with E-state index in [0.29, 0.717) is 15.8 Å². The average Bonchev–Trinajstić information content (AvgIpc) is 2.89. The summed E-state index contributed by atoms with van der Waals surface area (Å²) in [5.74, 6) is 2.41. The van der Waals surface area contributed by atoms with Crippen molar-refractivity contribution in [3.05, 3.63) is 52.0 Å². The molecule has 1 aliphatic rings. The average molecular weight is 418 g/mol. The van der Waals surface area contributed by atoms with Gasteiger partial charge in [0.2, 0.25) is 0 Å². The standard InChI is InChI=1S/C21H21Cl2N3O2/c1-27-14-7-8-15(19(12-14)28-2)20-16-5-3-4-10-24-21(16)26(25-20)18-11-13(22)6-9-17(18)23/h6-9,11-12,24H,3-5,10H2,1-2H3. The van der Waals surface area contributed by atoms with Crippen molar-refractivity contribution in [2.75, 3.05) is 26.1 Å². The van der Waals surface area contributed by atoms with Crippen molar-refractivity contribution in [3.8, 4) is 28.4 Å². The fourth-order valence-corrected chi connectivity index (χ4v) is 3.90. The highest BCUT2D eigenvalue weighted by Gasteiger charge is 2.24. The summed E-state index contributed by atoms with van der Waals surface area (Å²) in [7, 11) is 3.29. The predicted molar refractivity (Wildman–Crippen MR) is 114 cm³/mol. The van der Waals surface area contributed by atoms with Gasteiger partial charge in [-0.2, -0.15) is 5.10 Å². The first-order valence-electron chi connectivity index (χ1n) is 9.16. The van der Waals surface area contributed by atoms with Gasteiger partial charge in [-0.15, -0.1) is 0 Å². The van der Waals surface area contributed by atoms with Crippen LogP contribution in [-0.2, 0) is 6.42 Å². The van der Waals surface area contributed by atoms with E-state index in [1.54, 1.807) is 26.4 Å². The van der Waals surface area contributed by atoms with Gasteiger partial charge in [0, 0.05) is 28.8 Å². The summed E-state index contributed by atoms with van der Waals surface area (Å²) < 4.78 is 12.8. The Labute approximate surface area is 174 Å². The lowest BCUT2D eigenvalue weighted by molar-refractivity contribution is 0.395. The van der Waals surface area contributed by atoms with Crippen molar-refractivity contribution in [2.45, 2.75) is 19.3 Å². The Kier molecular flexibility index (Phi) is 5.38. The van der Waals surface area contributed by atoms with E-state index >= 15 is 0 Å². The second kappa shape index (κ2) is 7.94. The maximum Gasteiger partial charge on any atom is 0.133 e. The molecular weight excluding hydrogens is 397 g/mol. The van der Waals surface area contributed by atoms with Crippen LogP contribution >= 0.6 is 23.2 Å². The molecule has 0 fully saturated rings. The Bertz CT molecular complexity index is 1020. The van der Waals surface area contributed by atoms with E-state index in [1.165, 1.54) is 0 Å². The number of nitrogens with one attached hydrogen (secondary N) is 1. The van der Waals surface area contributed by atoms with Gasteiger partial charge in [0.05, 0.1) is 24.9 Å². The summed E-state index contributed by atoms with van der Waals surface area (Å²) in [5.41, 5.74) is 3.69. The first-order valence-corrected chi connectivity index (χ1v) is 9.91. The number of fused-ring (bicyclic) bond motifs is 1. The van der Waals surface area contributed by atoms with Gasteiger partial charge in [-0.25, -0.2) is 4.68 Å². The van der Waals surface area contributed by atoms with E-state index in [4.69, 9.17) is 37.8 Å². The van der Waals surface area contributed by atoms with Gasteiger partial charge < -0.3 is 14.8 Å². The minimum atomic E-state index is 0.592. The molecule has 0 saturated heterocycles. The molecular formula is C21H21Cl2N3O2. The van der Waals surface area contributed by atoms with Crippen molar-refractivity contribution in [2.24, 2.45) is 0 Å². The maximum absolute atomic E-state index is 6.48. The number of rotatable bonds is 4. The molecule has 2 aromatic carbocycles. The minimum absolute atomic E-state index is 0.592. The molecule has 0 amide bonds. The van der Waals surface area contributed by atoms with Crippen LogP contribution in [0.15, 0.2) is 36.4 Å². The highest BCUT2D eigenvalue weighted by Crippen LogP contribution is 2.40. The zero-order chi connectivity index (χ0) is 19.7. The molecule has 0 radical (unpaired) electrons. The Morgan fingerprint density at radius 1 is 1.04 bits per heavy atom. The SMILES string of the molecule is COc1ccc(-c2nn(-c3cc(Cl)ccc3Cl)c3c2CCCCN3)c(OC)c1. The topological polar surface area (TPSA) is 48.3 Å². The summed E-state index contributed by atoms with van der Waals surface area (Å²) in [6, 6.07) is 11.2. The van der Waals surface area contributed by atoms with Gasteiger partial charge in [-0.05, 0) is 49.6 Å². The summed E-state index contributed by atoms with van der Waals surface area (Å²) in [6.45, 7) is 0.885. The molecule has 7 heteroatoms. The van der Waals surface area contributed by atoms with Gasteiger partial charge in [0.1, 0.15) is 23.0 Å². The van der Waals surface area contributed by atoms with Gasteiger partial charge >= 0.3 is 0 Å². The third-order valence-corrected chi connectivity index (χ3v) is 5.48. The lowest BCUT2D eigenvalue weighted by atomic mass is 10.0. The Morgan fingerprint density at radius 3 is 2.68 bits per heavy atom. The predicted octanol–water partition coefficient (Wildman–Crippen LogP) is 5.61. The van der Waals surface area contributed by atoms with Crippen molar-refractivity contribution in [3.63, 3.8) is 0 Å². The Hall–Kier alpha value is -2.37. The third-order valence-electron chi connectivity index (χ3n) is 4.93. The number of hydrogen-bond donors (Lipinski definition) is 1. The van der Waals surface area contributed by atoms with Crippen LogP contribution in [0.1, 0.15) is 18.4 Å². The van der Waals surface area contributed by atoms with Crippen LogP contribution in [0.4, 0.5) is 5.82 Å². The maximum atomic E-state index is 6.48. The zero-order valence-electron chi connectivity index (χ0n) is 15.8. The number of benzene rings is 2. The molecule has 1 N–H and O–H groups in total. The number of methoxy groups -OCH3 is 2. The lowest BCUT2D eigenvalue weighted by Crippen LogP contribution is -2.07. The van der Waals surface area contributed by atoms with E-state index in [1.807, 2.05) is 28.9 Å². The fourth-order valence-electron chi connectivity index (χ4n) is 3.54. The van der Waals surface area contributed by atoms with Gasteiger partial charge in [0.25, 0.3) is 0 Å². The molecule has 3 aromatic rings. The first kappa shape index (κ1) is 19.0. The number of aromatic nitrogens is 2. The monoisotopic (exact) mass is 417 g/mol. The number of halogens is 2. The number of nitrogens with zero attached hydrogens (tertiary/aromatic N) is 2. The molecule has 0 aliphatic carbocycles. The van der Waals surface area contributed by atoms with E-state index in [9.17, 15) is 0 Å². The Morgan fingerprint density at radius 2 is 1.89 bits per heavy atom. The normalized spacial score (nSPS) is 13.4. The van der Waals surface area contributed by atoms with Crippen molar-refractivity contribution in [1.29, 1.82) is 0 Å². The fraction of sp³-hybridized carbons (Fsp3) is 0.286. The van der Waals surface area contributed by atoms with Crippen molar-refractivity contribution < 1.29 is 9.47 Å². The molecule has 0 atom stereocenters. The van der Waals surface area contributed by atoms with Gasteiger partial charge in [-0.3, -0.25) is 0 Å². The molecule has 1 aromatic heterocycles. The largest absolute Gasteiger partial charge is 0.497 e. The second-order valence-electron chi connectivity index (χ2n) is 6.63. The molecule has 0 saturated carbocycles.